The van der Waals surface area contributed by atoms with E-state index in [0.717, 1.165) is 28.9 Å². The van der Waals surface area contributed by atoms with Crippen LogP contribution in [-0.4, -0.2) is 16.9 Å². The van der Waals surface area contributed by atoms with Gasteiger partial charge in [-0.15, -0.1) is 0 Å². The molecule has 4 rings (SSSR count). The van der Waals surface area contributed by atoms with Crippen LogP contribution in [0.3, 0.4) is 0 Å². The molecule has 0 saturated heterocycles. The summed E-state index contributed by atoms with van der Waals surface area (Å²) in [5.74, 6) is 3.64. The molecule has 0 radical (unpaired) electrons. The van der Waals surface area contributed by atoms with Crippen LogP contribution in [0.2, 0.25) is 0 Å². The van der Waals surface area contributed by atoms with Gasteiger partial charge in [0.2, 0.25) is 0 Å². The summed E-state index contributed by atoms with van der Waals surface area (Å²) in [6.45, 7) is 6.22. The molecule has 3 heteroatoms. The summed E-state index contributed by atoms with van der Waals surface area (Å²) in [4.78, 5) is 22.8. The average Bonchev–Trinajstić information content (AvgIpc) is 2.93. The lowest BCUT2D eigenvalue weighted by atomic mass is 9.78. The van der Waals surface area contributed by atoms with Crippen molar-refractivity contribution in [1.82, 2.24) is 0 Å². The predicted molar refractivity (Wildman–Crippen MR) is 151 cm³/mol. The molecule has 2 aromatic carbocycles. The zero-order chi connectivity index (χ0) is 25.2. The highest BCUT2D eigenvalue weighted by molar-refractivity contribution is 9.09. The minimum absolute atomic E-state index is 0.159. The van der Waals surface area contributed by atoms with E-state index in [4.69, 9.17) is 0 Å². The van der Waals surface area contributed by atoms with Crippen LogP contribution in [0.25, 0.3) is 0 Å². The van der Waals surface area contributed by atoms with Gasteiger partial charge >= 0.3 is 0 Å². The second kappa shape index (κ2) is 14.1. The van der Waals surface area contributed by atoms with Gasteiger partial charge in [0.15, 0.2) is 11.6 Å². The number of rotatable bonds is 7. The summed E-state index contributed by atoms with van der Waals surface area (Å²) in [5, 5.41) is 0.411. The molecule has 2 aliphatic rings. The van der Waals surface area contributed by atoms with Crippen LogP contribution in [0.15, 0.2) is 48.5 Å². The second-order valence-electron chi connectivity index (χ2n) is 10.6. The highest BCUT2D eigenvalue weighted by atomic mass is 79.9. The summed E-state index contributed by atoms with van der Waals surface area (Å²) >= 11 is 3.21. The highest BCUT2D eigenvalue weighted by Gasteiger charge is 2.22. The van der Waals surface area contributed by atoms with E-state index in [-0.39, 0.29) is 11.6 Å². The Morgan fingerprint density at radius 1 is 0.657 bits per heavy atom. The molecule has 2 aromatic rings. The SMILES string of the molecule is CCC1CCC(c2ccc(C(=O)CBr)cc2)CC1.CCC1CCC(c2ccc(C(C)=O)cc2)CC1. The highest BCUT2D eigenvalue weighted by Crippen LogP contribution is 2.38. The number of Topliss-reactive ketones (excluding diaryl/α,β-unsaturated/α-hetero) is 2. The average molecular weight is 540 g/mol. The van der Waals surface area contributed by atoms with Gasteiger partial charge in [0.05, 0.1) is 5.33 Å². The van der Waals surface area contributed by atoms with Gasteiger partial charge in [-0.3, -0.25) is 9.59 Å². The second-order valence-corrected chi connectivity index (χ2v) is 11.2. The molecule has 0 aliphatic heterocycles. The maximum Gasteiger partial charge on any atom is 0.173 e. The minimum Gasteiger partial charge on any atom is -0.295 e. The third-order valence-corrected chi connectivity index (χ3v) is 8.97. The number of hydrogen-bond acceptors (Lipinski definition) is 2. The van der Waals surface area contributed by atoms with Crippen LogP contribution in [0.4, 0.5) is 0 Å². The van der Waals surface area contributed by atoms with Crippen LogP contribution >= 0.6 is 15.9 Å². The molecule has 2 fully saturated rings. The van der Waals surface area contributed by atoms with E-state index in [0.29, 0.717) is 11.2 Å². The van der Waals surface area contributed by atoms with Gasteiger partial charge < -0.3 is 0 Å². The van der Waals surface area contributed by atoms with Gasteiger partial charge in [-0.1, -0.05) is 91.1 Å². The molecular formula is C32H43BrO2. The van der Waals surface area contributed by atoms with E-state index in [1.54, 1.807) is 6.92 Å². The summed E-state index contributed by atoms with van der Waals surface area (Å²) in [6.07, 6.45) is 13.4. The fourth-order valence-electron chi connectivity index (χ4n) is 5.82. The first kappa shape index (κ1) is 27.8. The van der Waals surface area contributed by atoms with Gasteiger partial charge in [0, 0.05) is 11.1 Å². The van der Waals surface area contributed by atoms with Crippen LogP contribution in [-0.2, 0) is 0 Å². The molecule has 0 heterocycles. The number of hydrogen-bond donors (Lipinski definition) is 0. The Morgan fingerprint density at radius 2 is 1.03 bits per heavy atom. The Hall–Kier alpha value is -1.74. The van der Waals surface area contributed by atoms with E-state index in [1.807, 2.05) is 24.3 Å². The Kier molecular flexibility index (Phi) is 11.2. The van der Waals surface area contributed by atoms with Gasteiger partial charge in [-0.25, -0.2) is 0 Å². The Labute approximate surface area is 221 Å². The van der Waals surface area contributed by atoms with Crippen molar-refractivity contribution in [2.45, 2.75) is 96.8 Å². The molecule has 0 unspecified atom stereocenters. The smallest absolute Gasteiger partial charge is 0.173 e. The molecule has 35 heavy (non-hydrogen) atoms. The summed E-state index contributed by atoms with van der Waals surface area (Å²) in [6, 6.07) is 16.5. The van der Waals surface area contributed by atoms with Crippen LogP contribution < -0.4 is 0 Å². The van der Waals surface area contributed by atoms with Crippen molar-refractivity contribution in [2.75, 3.05) is 5.33 Å². The van der Waals surface area contributed by atoms with Crippen molar-refractivity contribution in [2.24, 2.45) is 11.8 Å². The van der Waals surface area contributed by atoms with Gasteiger partial charge in [-0.05, 0) is 93.1 Å². The number of carbonyl (C=O) groups is 2. The van der Waals surface area contributed by atoms with Gasteiger partial charge in [0.25, 0.3) is 0 Å². The lowest BCUT2D eigenvalue weighted by Crippen LogP contribution is -2.12. The molecular weight excluding hydrogens is 496 g/mol. The lowest BCUT2D eigenvalue weighted by molar-refractivity contribution is 0.101. The van der Waals surface area contributed by atoms with Gasteiger partial charge in [0.1, 0.15) is 0 Å². The third-order valence-electron chi connectivity index (χ3n) is 8.46. The molecule has 190 valence electrons. The quantitative estimate of drug-likeness (QED) is 0.259. The fourth-order valence-corrected chi connectivity index (χ4v) is 6.14. The third kappa shape index (κ3) is 8.13. The molecule has 2 nitrogen and oxygen atoms in total. The largest absolute Gasteiger partial charge is 0.295 e. The zero-order valence-corrected chi connectivity index (χ0v) is 23.5. The Morgan fingerprint density at radius 3 is 1.34 bits per heavy atom. The van der Waals surface area contributed by atoms with Gasteiger partial charge in [-0.2, -0.15) is 0 Å². The van der Waals surface area contributed by atoms with Crippen LogP contribution in [0.1, 0.15) is 129 Å². The standard InChI is InChI=1S/C16H21BrO.C16H22O/c1-2-12-3-5-13(6-4-12)14-7-9-15(10-8-14)16(18)11-17;1-3-13-4-6-15(7-5-13)16-10-8-14(9-11-16)12(2)17/h7-10,12-13H,2-6,11H2,1H3;8-11,13,15H,3-7H2,1-2H3. The van der Waals surface area contributed by atoms with E-state index in [1.165, 1.54) is 75.3 Å². The molecule has 0 N–H and O–H groups in total. The van der Waals surface area contributed by atoms with Crippen LogP contribution in [0.5, 0.6) is 0 Å². The number of ketones is 2. The molecule has 2 aliphatic carbocycles. The molecule has 0 amide bonds. The Balaban J connectivity index is 0.000000196. The molecule has 0 bridgehead atoms. The first-order valence-electron chi connectivity index (χ1n) is 13.7. The number of halogens is 1. The molecule has 0 atom stereocenters. The Bertz CT molecular complexity index is 915. The normalized spacial score (nSPS) is 24.2. The van der Waals surface area contributed by atoms with Crippen molar-refractivity contribution in [3.05, 3.63) is 70.8 Å². The first-order valence-corrected chi connectivity index (χ1v) is 14.9. The maximum absolute atomic E-state index is 11.5. The molecule has 0 spiro atoms. The van der Waals surface area contributed by atoms with Crippen molar-refractivity contribution in [1.29, 1.82) is 0 Å². The number of benzene rings is 2. The minimum atomic E-state index is 0.159. The monoisotopic (exact) mass is 538 g/mol. The fraction of sp³-hybridized carbons (Fsp3) is 0.562. The van der Waals surface area contributed by atoms with Crippen LogP contribution in [0, 0.1) is 11.8 Å². The lowest BCUT2D eigenvalue weighted by Gasteiger charge is -2.28. The maximum atomic E-state index is 11.5. The van der Waals surface area contributed by atoms with E-state index in [9.17, 15) is 9.59 Å². The van der Waals surface area contributed by atoms with Crippen molar-refractivity contribution < 1.29 is 9.59 Å². The number of carbonyl (C=O) groups excluding carboxylic acids is 2. The number of alkyl halides is 1. The van der Waals surface area contributed by atoms with E-state index in [2.05, 4.69) is 54.0 Å². The van der Waals surface area contributed by atoms with E-state index >= 15 is 0 Å². The summed E-state index contributed by atoms with van der Waals surface area (Å²) < 4.78 is 0. The van der Waals surface area contributed by atoms with Crippen molar-refractivity contribution in [3.8, 4) is 0 Å². The van der Waals surface area contributed by atoms with E-state index < -0.39 is 0 Å². The summed E-state index contributed by atoms with van der Waals surface area (Å²) in [5.41, 5.74) is 4.48. The summed E-state index contributed by atoms with van der Waals surface area (Å²) in [7, 11) is 0. The van der Waals surface area contributed by atoms with Crippen molar-refractivity contribution >= 4 is 27.5 Å². The zero-order valence-electron chi connectivity index (χ0n) is 21.9. The van der Waals surface area contributed by atoms with Crippen molar-refractivity contribution in [3.63, 3.8) is 0 Å². The molecule has 2 saturated carbocycles. The topological polar surface area (TPSA) is 34.1 Å². The first-order chi connectivity index (χ1) is 16.9. The predicted octanol–water partition coefficient (Wildman–Crippen LogP) is 9.52. The molecule has 0 aromatic heterocycles.